The van der Waals surface area contributed by atoms with Crippen LogP contribution in [0.3, 0.4) is 0 Å². The fraction of sp³-hybridized carbons (Fsp3) is 0.333. The normalized spacial score (nSPS) is 11.5. The molecule has 0 spiro atoms. The first-order valence-electron chi connectivity index (χ1n) is 7.72. The minimum absolute atomic E-state index is 0.0291. The van der Waals surface area contributed by atoms with Crippen molar-refractivity contribution < 1.29 is 28.2 Å². The molecule has 0 saturated heterocycles. The second-order valence-electron chi connectivity index (χ2n) is 5.33. The third kappa shape index (κ3) is 5.27. The molecule has 0 unspecified atom stereocenters. The van der Waals surface area contributed by atoms with Crippen LogP contribution in [-0.2, 0) is 20.7 Å². The highest BCUT2D eigenvalue weighted by atomic mass is 16.5. The number of esters is 1. The molecule has 2 aromatic rings. The molecule has 1 aromatic carbocycles. The lowest BCUT2D eigenvalue weighted by Crippen LogP contribution is -2.31. The van der Waals surface area contributed by atoms with Gasteiger partial charge < -0.3 is 23.9 Å². The quantitative estimate of drug-likeness (QED) is 0.737. The third-order valence-corrected chi connectivity index (χ3v) is 3.51. The number of carbonyl (C=O) groups excluding carboxylic acids is 2. The van der Waals surface area contributed by atoms with Gasteiger partial charge >= 0.3 is 5.97 Å². The highest BCUT2D eigenvalue weighted by molar-refractivity contribution is 5.81. The summed E-state index contributed by atoms with van der Waals surface area (Å²) in [6, 6.07) is 8.34. The van der Waals surface area contributed by atoms with Crippen molar-refractivity contribution in [3.8, 4) is 11.5 Å². The summed E-state index contributed by atoms with van der Waals surface area (Å²) >= 11 is 0. The molecule has 1 heterocycles. The third-order valence-electron chi connectivity index (χ3n) is 3.51. The number of benzene rings is 1. The highest BCUT2D eigenvalue weighted by Crippen LogP contribution is 2.27. The van der Waals surface area contributed by atoms with Gasteiger partial charge in [-0.15, -0.1) is 0 Å². The number of methoxy groups -OCH3 is 2. The van der Waals surface area contributed by atoms with Crippen molar-refractivity contribution in [1.82, 2.24) is 5.32 Å². The molecule has 1 atom stereocenters. The first-order chi connectivity index (χ1) is 12.0. The minimum atomic E-state index is -0.506. The smallest absolute Gasteiger partial charge is 0.310 e. The molecule has 25 heavy (non-hydrogen) atoms. The Morgan fingerprint density at radius 1 is 1.16 bits per heavy atom. The van der Waals surface area contributed by atoms with Gasteiger partial charge in [-0.3, -0.25) is 9.59 Å². The highest BCUT2D eigenvalue weighted by Gasteiger charge is 2.14. The van der Waals surface area contributed by atoms with Gasteiger partial charge in [-0.2, -0.15) is 0 Å². The molecule has 7 heteroatoms. The van der Waals surface area contributed by atoms with Gasteiger partial charge in [-0.25, -0.2) is 0 Å². The second-order valence-corrected chi connectivity index (χ2v) is 5.33. The zero-order valence-electron chi connectivity index (χ0n) is 14.4. The van der Waals surface area contributed by atoms with E-state index in [1.54, 1.807) is 37.3 Å². The summed E-state index contributed by atoms with van der Waals surface area (Å²) in [5.41, 5.74) is 0.701. The number of ether oxygens (including phenoxy) is 3. The Balaban J connectivity index is 1.81. The summed E-state index contributed by atoms with van der Waals surface area (Å²) in [5, 5.41) is 2.69. The van der Waals surface area contributed by atoms with E-state index < -0.39 is 11.9 Å². The number of rotatable bonds is 8. The molecule has 2 rings (SSSR count). The van der Waals surface area contributed by atoms with Crippen LogP contribution in [0.4, 0.5) is 0 Å². The Morgan fingerprint density at radius 3 is 2.56 bits per heavy atom. The van der Waals surface area contributed by atoms with Crippen molar-refractivity contribution in [2.45, 2.75) is 19.4 Å². The van der Waals surface area contributed by atoms with Crippen LogP contribution >= 0.6 is 0 Å². The van der Waals surface area contributed by atoms with Gasteiger partial charge in [-0.05, 0) is 36.8 Å². The fourth-order valence-electron chi connectivity index (χ4n) is 2.25. The molecule has 0 radical (unpaired) electrons. The fourth-order valence-corrected chi connectivity index (χ4v) is 2.25. The van der Waals surface area contributed by atoms with Crippen LogP contribution in [-0.4, -0.2) is 32.7 Å². The number of amides is 1. The van der Waals surface area contributed by atoms with Crippen LogP contribution < -0.4 is 14.8 Å². The average Bonchev–Trinajstić information content (AvgIpc) is 3.14. The molecule has 0 aliphatic rings. The molecule has 1 N–H and O–H groups in total. The summed E-state index contributed by atoms with van der Waals surface area (Å²) in [4.78, 5) is 23.7. The van der Waals surface area contributed by atoms with Gasteiger partial charge in [0.15, 0.2) is 18.1 Å². The maximum Gasteiger partial charge on any atom is 0.310 e. The van der Waals surface area contributed by atoms with Crippen molar-refractivity contribution in [2.75, 3.05) is 20.8 Å². The number of hydrogen-bond acceptors (Lipinski definition) is 6. The largest absolute Gasteiger partial charge is 0.493 e. The van der Waals surface area contributed by atoms with Crippen LogP contribution in [0.1, 0.15) is 24.3 Å². The number of carbonyl (C=O) groups is 2. The molecule has 134 valence electrons. The number of nitrogens with one attached hydrogen (secondary N) is 1. The van der Waals surface area contributed by atoms with E-state index in [4.69, 9.17) is 18.6 Å². The van der Waals surface area contributed by atoms with Gasteiger partial charge in [0.2, 0.25) is 0 Å². The molecule has 0 fully saturated rings. The zero-order valence-corrected chi connectivity index (χ0v) is 14.4. The molecule has 0 aliphatic heterocycles. The molecule has 0 saturated carbocycles. The Morgan fingerprint density at radius 2 is 1.92 bits per heavy atom. The van der Waals surface area contributed by atoms with Gasteiger partial charge in [0.1, 0.15) is 5.76 Å². The number of hydrogen-bond donors (Lipinski definition) is 1. The van der Waals surface area contributed by atoms with Crippen LogP contribution in [0.5, 0.6) is 11.5 Å². The molecule has 0 bridgehead atoms. The first-order valence-corrected chi connectivity index (χ1v) is 7.72. The average molecular weight is 347 g/mol. The van der Waals surface area contributed by atoms with E-state index in [9.17, 15) is 9.59 Å². The van der Waals surface area contributed by atoms with Crippen molar-refractivity contribution in [3.05, 3.63) is 47.9 Å². The lowest BCUT2D eigenvalue weighted by atomic mass is 10.1. The molecular formula is C18H21NO6. The van der Waals surface area contributed by atoms with Crippen molar-refractivity contribution in [3.63, 3.8) is 0 Å². The summed E-state index contributed by atoms with van der Waals surface area (Å²) in [6.45, 7) is 1.43. The number of furan rings is 1. The van der Waals surface area contributed by atoms with E-state index in [-0.39, 0.29) is 19.1 Å². The van der Waals surface area contributed by atoms with Gasteiger partial charge in [0.25, 0.3) is 5.91 Å². The summed E-state index contributed by atoms with van der Waals surface area (Å²) < 4.78 is 20.5. The monoisotopic (exact) mass is 347 g/mol. The Hall–Kier alpha value is -2.96. The van der Waals surface area contributed by atoms with Crippen LogP contribution in [0, 0.1) is 0 Å². The van der Waals surface area contributed by atoms with E-state index in [1.807, 2.05) is 0 Å². The van der Waals surface area contributed by atoms with E-state index in [0.717, 1.165) is 0 Å². The van der Waals surface area contributed by atoms with Crippen molar-refractivity contribution in [2.24, 2.45) is 0 Å². The Bertz CT molecular complexity index is 710. The summed E-state index contributed by atoms with van der Waals surface area (Å²) in [7, 11) is 3.05. The molecule has 1 aromatic heterocycles. The summed E-state index contributed by atoms with van der Waals surface area (Å²) in [6.07, 6.45) is 1.56. The summed E-state index contributed by atoms with van der Waals surface area (Å²) in [5.74, 6) is 0.825. The Kier molecular flexibility index (Phi) is 6.45. The second kappa shape index (κ2) is 8.77. The lowest BCUT2D eigenvalue weighted by molar-refractivity contribution is -0.148. The lowest BCUT2D eigenvalue weighted by Gasteiger charge is -2.12. The molecular weight excluding hydrogens is 326 g/mol. The van der Waals surface area contributed by atoms with Crippen molar-refractivity contribution in [1.29, 1.82) is 0 Å². The van der Waals surface area contributed by atoms with Gasteiger partial charge in [0, 0.05) is 0 Å². The van der Waals surface area contributed by atoms with Crippen molar-refractivity contribution >= 4 is 11.9 Å². The van der Waals surface area contributed by atoms with E-state index >= 15 is 0 Å². The predicted octanol–water partition coefficient (Wildman–Crippen LogP) is 2.26. The topological polar surface area (TPSA) is 87.0 Å². The predicted molar refractivity (Wildman–Crippen MR) is 89.5 cm³/mol. The van der Waals surface area contributed by atoms with E-state index in [2.05, 4.69) is 5.32 Å². The van der Waals surface area contributed by atoms with Crippen LogP contribution in [0.2, 0.25) is 0 Å². The van der Waals surface area contributed by atoms with Gasteiger partial charge in [-0.1, -0.05) is 6.07 Å². The van der Waals surface area contributed by atoms with Gasteiger partial charge in [0.05, 0.1) is 32.9 Å². The minimum Gasteiger partial charge on any atom is -0.493 e. The standard InChI is InChI=1S/C18H21NO6/c1-12(14-5-4-8-24-14)19-17(20)11-25-18(21)10-13-6-7-15(22-2)16(9-13)23-3/h4-9,12H,10-11H2,1-3H3,(H,19,20)/t12-/m1/s1. The first kappa shape index (κ1) is 18.4. The molecule has 1 amide bonds. The van der Waals surface area contributed by atoms with E-state index in [1.165, 1.54) is 20.5 Å². The molecule has 0 aliphatic carbocycles. The maximum absolute atomic E-state index is 11.9. The van der Waals surface area contributed by atoms with E-state index in [0.29, 0.717) is 22.8 Å². The SMILES string of the molecule is COc1ccc(CC(=O)OCC(=O)N[C@H](C)c2ccco2)cc1OC. The maximum atomic E-state index is 11.9. The zero-order chi connectivity index (χ0) is 18.2. The van der Waals surface area contributed by atoms with Crippen LogP contribution in [0.15, 0.2) is 41.0 Å². The molecule has 7 nitrogen and oxygen atoms in total. The van der Waals surface area contributed by atoms with Crippen LogP contribution in [0.25, 0.3) is 0 Å². The Labute approximate surface area is 145 Å².